The molecule has 5 rings (SSSR count). The molecule has 1 amide bonds. The van der Waals surface area contributed by atoms with E-state index >= 15 is 0 Å². The van der Waals surface area contributed by atoms with Gasteiger partial charge in [0.25, 0.3) is 5.91 Å². The molecular weight excluding hydrogens is 420 g/mol. The van der Waals surface area contributed by atoms with Gasteiger partial charge in [0.05, 0.1) is 15.9 Å². The average molecular weight is 437 g/mol. The van der Waals surface area contributed by atoms with Crippen molar-refractivity contribution >= 4 is 49.4 Å². The van der Waals surface area contributed by atoms with E-state index in [0.29, 0.717) is 10.7 Å². The summed E-state index contributed by atoms with van der Waals surface area (Å²) < 4.78 is 2.84. The Kier molecular flexibility index (Phi) is 4.80. The standard InChI is InChI=1S/C21H16N4O3S2/c26-17(18(27)20-23-14-3-1-2-4-16(14)30-20)19(28)22-13-7-5-12(6-8-13)15-11-25-9-10-29-21(25)24-15/h1-11,17-18,26-27H,(H,22,28). The van der Waals surface area contributed by atoms with Gasteiger partial charge in [-0.2, -0.15) is 0 Å². The van der Waals surface area contributed by atoms with Gasteiger partial charge in [-0.25, -0.2) is 9.97 Å². The van der Waals surface area contributed by atoms with Crippen molar-refractivity contribution in [1.29, 1.82) is 0 Å². The number of carbonyl (C=O) groups is 1. The molecule has 2 aromatic carbocycles. The van der Waals surface area contributed by atoms with Gasteiger partial charge in [0, 0.05) is 29.0 Å². The molecule has 0 fully saturated rings. The lowest BCUT2D eigenvalue weighted by molar-refractivity contribution is -0.129. The van der Waals surface area contributed by atoms with Gasteiger partial charge in [0.2, 0.25) is 0 Å². The second-order valence-corrected chi connectivity index (χ2v) is 8.63. The Bertz CT molecular complexity index is 1280. The molecule has 5 aromatic rings. The molecule has 150 valence electrons. The highest BCUT2D eigenvalue weighted by atomic mass is 32.1. The summed E-state index contributed by atoms with van der Waals surface area (Å²) in [6.45, 7) is 0. The lowest BCUT2D eigenvalue weighted by atomic mass is 10.1. The molecule has 3 heterocycles. The third kappa shape index (κ3) is 3.48. The van der Waals surface area contributed by atoms with Crippen LogP contribution in [0.4, 0.5) is 5.69 Å². The number of aliphatic hydroxyl groups excluding tert-OH is 2. The van der Waals surface area contributed by atoms with E-state index in [0.717, 1.165) is 26.4 Å². The number of imidazole rings is 1. The first-order valence-corrected chi connectivity index (χ1v) is 10.8. The number of rotatable bonds is 5. The molecule has 0 saturated carbocycles. The van der Waals surface area contributed by atoms with Crippen LogP contribution in [-0.2, 0) is 4.79 Å². The van der Waals surface area contributed by atoms with E-state index in [-0.39, 0.29) is 0 Å². The lowest BCUT2D eigenvalue weighted by Gasteiger charge is -2.15. The summed E-state index contributed by atoms with van der Waals surface area (Å²) in [5.41, 5.74) is 2.99. The molecule has 0 aliphatic carbocycles. The number of aromatic nitrogens is 3. The number of carbonyl (C=O) groups excluding carboxylic acids is 1. The van der Waals surface area contributed by atoms with E-state index in [2.05, 4.69) is 15.3 Å². The maximum Gasteiger partial charge on any atom is 0.256 e. The first-order chi connectivity index (χ1) is 14.6. The number of benzene rings is 2. The SMILES string of the molecule is O=C(Nc1ccc(-c2cn3ccsc3n2)cc1)C(O)C(O)c1nc2ccccc2s1. The molecule has 7 nitrogen and oxygen atoms in total. The fourth-order valence-electron chi connectivity index (χ4n) is 3.10. The number of aliphatic hydroxyl groups is 2. The third-order valence-corrected chi connectivity index (χ3v) is 6.55. The van der Waals surface area contributed by atoms with Crippen molar-refractivity contribution in [3.63, 3.8) is 0 Å². The van der Waals surface area contributed by atoms with Gasteiger partial charge in [-0.1, -0.05) is 24.3 Å². The zero-order chi connectivity index (χ0) is 20.7. The smallest absolute Gasteiger partial charge is 0.256 e. The molecule has 3 N–H and O–H groups in total. The summed E-state index contributed by atoms with van der Waals surface area (Å²) in [5, 5.41) is 25.6. The van der Waals surface area contributed by atoms with Crippen molar-refractivity contribution in [2.24, 2.45) is 0 Å². The highest BCUT2D eigenvalue weighted by Crippen LogP contribution is 2.28. The van der Waals surface area contributed by atoms with Crippen molar-refractivity contribution in [3.8, 4) is 11.3 Å². The van der Waals surface area contributed by atoms with Crippen LogP contribution in [0.5, 0.6) is 0 Å². The molecule has 0 radical (unpaired) electrons. The lowest BCUT2D eigenvalue weighted by Crippen LogP contribution is -2.33. The van der Waals surface area contributed by atoms with E-state index in [9.17, 15) is 15.0 Å². The molecule has 9 heteroatoms. The Morgan fingerprint density at radius 3 is 2.63 bits per heavy atom. The van der Waals surface area contributed by atoms with Crippen molar-refractivity contribution in [1.82, 2.24) is 14.4 Å². The van der Waals surface area contributed by atoms with Gasteiger partial charge in [0.1, 0.15) is 11.1 Å². The Morgan fingerprint density at radius 2 is 1.87 bits per heavy atom. The summed E-state index contributed by atoms with van der Waals surface area (Å²) in [4.78, 5) is 22.2. The Morgan fingerprint density at radius 1 is 1.07 bits per heavy atom. The highest BCUT2D eigenvalue weighted by Gasteiger charge is 2.28. The maximum atomic E-state index is 12.4. The number of hydrogen-bond acceptors (Lipinski definition) is 7. The number of hydrogen-bond donors (Lipinski definition) is 3. The van der Waals surface area contributed by atoms with Crippen LogP contribution >= 0.6 is 22.7 Å². The van der Waals surface area contributed by atoms with Crippen LogP contribution in [-0.4, -0.2) is 36.6 Å². The van der Waals surface area contributed by atoms with Crippen LogP contribution in [0.15, 0.2) is 66.3 Å². The van der Waals surface area contributed by atoms with Crippen LogP contribution in [0.2, 0.25) is 0 Å². The minimum atomic E-state index is -1.63. The van der Waals surface area contributed by atoms with Gasteiger partial charge in [-0.15, -0.1) is 22.7 Å². The van der Waals surface area contributed by atoms with Crippen LogP contribution < -0.4 is 5.32 Å². The number of nitrogens with one attached hydrogen (secondary N) is 1. The summed E-state index contributed by atoms with van der Waals surface area (Å²) >= 11 is 2.81. The molecule has 0 aliphatic heterocycles. The number of anilines is 1. The van der Waals surface area contributed by atoms with E-state index < -0.39 is 18.1 Å². The van der Waals surface area contributed by atoms with Gasteiger partial charge in [-0.3, -0.25) is 9.20 Å². The number of para-hydroxylation sites is 1. The largest absolute Gasteiger partial charge is 0.383 e. The second-order valence-electron chi connectivity index (χ2n) is 6.70. The topological polar surface area (TPSA) is 99.8 Å². The fourth-order valence-corrected chi connectivity index (χ4v) is 4.79. The average Bonchev–Trinajstić information content (AvgIpc) is 3.47. The quantitative estimate of drug-likeness (QED) is 0.390. The van der Waals surface area contributed by atoms with Crippen molar-refractivity contribution in [3.05, 3.63) is 71.3 Å². The Balaban J connectivity index is 1.28. The predicted octanol–water partition coefficient (Wildman–Crippen LogP) is 3.71. The zero-order valence-corrected chi connectivity index (χ0v) is 17.1. The van der Waals surface area contributed by atoms with Gasteiger partial charge < -0.3 is 15.5 Å². The molecular formula is C21H16N4O3S2. The Hall–Kier alpha value is -3.11. The normalized spacial score (nSPS) is 13.5. The van der Waals surface area contributed by atoms with E-state index in [1.165, 1.54) is 11.3 Å². The monoisotopic (exact) mass is 436 g/mol. The first kappa shape index (κ1) is 18.9. The first-order valence-electron chi connectivity index (χ1n) is 9.13. The molecule has 2 unspecified atom stereocenters. The van der Waals surface area contributed by atoms with E-state index in [1.54, 1.807) is 23.5 Å². The predicted molar refractivity (Wildman–Crippen MR) is 118 cm³/mol. The van der Waals surface area contributed by atoms with E-state index in [4.69, 9.17) is 0 Å². The van der Waals surface area contributed by atoms with Gasteiger partial charge in [0.15, 0.2) is 11.1 Å². The zero-order valence-electron chi connectivity index (χ0n) is 15.5. The summed E-state index contributed by atoms with van der Waals surface area (Å²) in [6, 6.07) is 14.6. The van der Waals surface area contributed by atoms with Crippen molar-refractivity contribution in [2.75, 3.05) is 5.32 Å². The number of amides is 1. The molecule has 0 spiro atoms. The Labute approximate surface area is 178 Å². The number of thiazole rings is 2. The van der Waals surface area contributed by atoms with Crippen LogP contribution in [0, 0.1) is 0 Å². The summed E-state index contributed by atoms with van der Waals surface area (Å²) in [5.74, 6) is -0.697. The van der Waals surface area contributed by atoms with Crippen molar-refractivity contribution < 1.29 is 15.0 Å². The second kappa shape index (κ2) is 7.62. The van der Waals surface area contributed by atoms with E-state index in [1.807, 2.05) is 58.6 Å². The minimum absolute atomic E-state index is 0.300. The van der Waals surface area contributed by atoms with Crippen LogP contribution in [0.3, 0.4) is 0 Å². The summed E-state index contributed by atoms with van der Waals surface area (Å²) in [6.07, 6.45) is 0.853. The molecule has 2 atom stereocenters. The molecule has 3 aromatic heterocycles. The molecule has 0 saturated heterocycles. The van der Waals surface area contributed by atoms with Crippen LogP contribution in [0.1, 0.15) is 11.1 Å². The number of fused-ring (bicyclic) bond motifs is 2. The maximum absolute atomic E-state index is 12.4. The molecule has 30 heavy (non-hydrogen) atoms. The fraction of sp³-hybridized carbons (Fsp3) is 0.0952. The summed E-state index contributed by atoms with van der Waals surface area (Å²) in [7, 11) is 0. The van der Waals surface area contributed by atoms with Crippen LogP contribution in [0.25, 0.3) is 26.4 Å². The number of nitrogens with zero attached hydrogens (tertiary/aromatic N) is 3. The van der Waals surface area contributed by atoms with Gasteiger partial charge in [-0.05, 0) is 24.3 Å². The third-order valence-electron chi connectivity index (χ3n) is 4.67. The highest BCUT2D eigenvalue weighted by molar-refractivity contribution is 7.18. The molecule has 0 aliphatic rings. The minimum Gasteiger partial charge on any atom is -0.383 e. The van der Waals surface area contributed by atoms with Gasteiger partial charge >= 0.3 is 0 Å². The molecule has 0 bridgehead atoms. The van der Waals surface area contributed by atoms with Crippen molar-refractivity contribution in [2.45, 2.75) is 12.2 Å².